The zero-order valence-corrected chi connectivity index (χ0v) is 16.5. The molecule has 1 aromatic carbocycles. The number of amides is 1. The lowest BCUT2D eigenvalue weighted by Crippen LogP contribution is -2.52. The van der Waals surface area contributed by atoms with Crippen molar-refractivity contribution in [3.8, 4) is 11.5 Å². The number of benzene rings is 1. The standard InChI is InChI=1S/C18H28N2O5S/c1-4-12-26(22,23)20-11-6-5-9-15(20)18(21)19-13-14-8-7-10-16(24-2)17(14)25-3/h7-8,10,15H,4-6,9,11-13H2,1-3H3,(H,19,21). The number of rotatable bonds is 8. The van der Waals surface area contributed by atoms with E-state index in [4.69, 9.17) is 9.47 Å². The number of carbonyl (C=O) groups is 1. The summed E-state index contributed by atoms with van der Waals surface area (Å²) in [5.41, 5.74) is 0.777. The van der Waals surface area contributed by atoms with Crippen LogP contribution in [0.4, 0.5) is 0 Å². The number of methoxy groups -OCH3 is 2. The second-order valence-corrected chi connectivity index (χ2v) is 8.35. The topological polar surface area (TPSA) is 84.9 Å². The highest BCUT2D eigenvalue weighted by Crippen LogP contribution is 2.30. The van der Waals surface area contributed by atoms with Gasteiger partial charge in [0.25, 0.3) is 0 Å². The van der Waals surface area contributed by atoms with E-state index < -0.39 is 16.1 Å². The number of sulfonamides is 1. The lowest BCUT2D eigenvalue weighted by atomic mass is 10.0. The highest BCUT2D eigenvalue weighted by atomic mass is 32.2. The molecule has 1 fully saturated rings. The Balaban J connectivity index is 2.11. The van der Waals surface area contributed by atoms with Gasteiger partial charge >= 0.3 is 0 Å². The van der Waals surface area contributed by atoms with Crippen molar-refractivity contribution in [2.45, 2.75) is 45.2 Å². The van der Waals surface area contributed by atoms with Crippen LogP contribution in [0.2, 0.25) is 0 Å². The molecular formula is C18H28N2O5S. The van der Waals surface area contributed by atoms with E-state index in [1.165, 1.54) is 4.31 Å². The molecule has 0 saturated carbocycles. The van der Waals surface area contributed by atoms with Crippen LogP contribution in [0.3, 0.4) is 0 Å². The van der Waals surface area contributed by atoms with Gasteiger partial charge in [-0.15, -0.1) is 0 Å². The summed E-state index contributed by atoms with van der Waals surface area (Å²) in [7, 11) is -0.307. The molecule has 8 heteroatoms. The van der Waals surface area contributed by atoms with Crippen LogP contribution in [-0.2, 0) is 21.4 Å². The third-order valence-corrected chi connectivity index (χ3v) is 6.59. The van der Waals surface area contributed by atoms with Crippen LogP contribution in [0.25, 0.3) is 0 Å². The second-order valence-electron chi connectivity index (χ2n) is 6.31. The Kier molecular flexibility index (Phi) is 7.28. The summed E-state index contributed by atoms with van der Waals surface area (Å²) in [6.07, 6.45) is 2.72. The molecule has 1 aliphatic heterocycles. The van der Waals surface area contributed by atoms with Gasteiger partial charge in [-0.1, -0.05) is 25.5 Å². The normalized spacial score (nSPS) is 18.3. The van der Waals surface area contributed by atoms with E-state index in [1.54, 1.807) is 20.3 Å². The predicted molar refractivity (Wildman–Crippen MR) is 99.8 cm³/mol. The summed E-state index contributed by atoms with van der Waals surface area (Å²) in [5, 5.41) is 2.86. The molecule has 1 saturated heterocycles. The zero-order valence-electron chi connectivity index (χ0n) is 15.7. The molecule has 1 amide bonds. The first-order valence-corrected chi connectivity index (χ1v) is 10.5. The van der Waals surface area contributed by atoms with Crippen molar-refractivity contribution >= 4 is 15.9 Å². The van der Waals surface area contributed by atoms with Crippen LogP contribution in [0.5, 0.6) is 11.5 Å². The fourth-order valence-electron chi connectivity index (χ4n) is 3.27. The maximum absolute atomic E-state index is 12.7. The number of hydrogen-bond acceptors (Lipinski definition) is 5. The summed E-state index contributed by atoms with van der Waals surface area (Å²) in [6, 6.07) is 4.80. The van der Waals surface area contributed by atoms with E-state index in [0.717, 1.165) is 18.4 Å². The molecule has 7 nitrogen and oxygen atoms in total. The van der Waals surface area contributed by atoms with Crippen molar-refractivity contribution < 1.29 is 22.7 Å². The molecule has 26 heavy (non-hydrogen) atoms. The van der Waals surface area contributed by atoms with Crippen molar-refractivity contribution in [2.75, 3.05) is 26.5 Å². The number of nitrogens with zero attached hydrogens (tertiary/aromatic N) is 1. The number of carbonyl (C=O) groups excluding carboxylic acids is 1. The fraction of sp³-hybridized carbons (Fsp3) is 0.611. The monoisotopic (exact) mass is 384 g/mol. The van der Waals surface area contributed by atoms with E-state index >= 15 is 0 Å². The van der Waals surface area contributed by atoms with Gasteiger partial charge in [-0.3, -0.25) is 4.79 Å². The molecule has 0 bridgehead atoms. The Labute approximate surface area is 155 Å². The number of nitrogens with one attached hydrogen (secondary N) is 1. The van der Waals surface area contributed by atoms with E-state index in [0.29, 0.717) is 30.9 Å². The third kappa shape index (κ3) is 4.67. The molecule has 0 spiro atoms. The van der Waals surface area contributed by atoms with E-state index in [2.05, 4.69) is 5.32 Å². The van der Waals surface area contributed by atoms with Crippen LogP contribution < -0.4 is 14.8 Å². The van der Waals surface area contributed by atoms with Crippen molar-refractivity contribution in [3.63, 3.8) is 0 Å². The first kappa shape index (κ1) is 20.5. The summed E-state index contributed by atoms with van der Waals surface area (Å²) in [5.74, 6) is 0.952. The van der Waals surface area contributed by atoms with Crippen LogP contribution in [-0.4, -0.2) is 51.2 Å². The lowest BCUT2D eigenvalue weighted by Gasteiger charge is -2.33. The van der Waals surface area contributed by atoms with Gasteiger partial charge in [-0.2, -0.15) is 4.31 Å². The first-order valence-electron chi connectivity index (χ1n) is 8.91. The minimum atomic E-state index is -3.41. The third-order valence-electron chi connectivity index (χ3n) is 4.51. The summed E-state index contributed by atoms with van der Waals surface area (Å²) >= 11 is 0. The van der Waals surface area contributed by atoms with Crippen molar-refractivity contribution in [2.24, 2.45) is 0 Å². The molecule has 0 aromatic heterocycles. The first-order chi connectivity index (χ1) is 12.4. The number of hydrogen-bond donors (Lipinski definition) is 1. The Hall–Kier alpha value is -1.80. The van der Waals surface area contributed by atoms with Crippen molar-refractivity contribution in [3.05, 3.63) is 23.8 Å². The molecule has 2 rings (SSSR count). The average molecular weight is 384 g/mol. The number of para-hydroxylation sites is 1. The smallest absolute Gasteiger partial charge is 0.238 e. The molecule has 0 aliphatic carbocycles. The van der Waals surface area contributed by atoms with Crippen LogP contribution in [0, 0.1) is 0 Å². The van der Waals surface area contributed by atoms with Crippen LogP contribution >= 0.6 is 0 Å². The van der Waals surface area contributed by atoms with E-state index in [9.17, 15) is 13.2 Å². The molecule has 146 valence electrons. The largest absolute Gasteiger partial charge is 0.493 e. The van der Waals surface area contributed by atoms with Crippen molar-refractivity contribution in [1.29, 1.82) is 0 Å². The zero-order chi connectivity index (χ0) is 19.2. The molecule has 1 N–H and O–H groups in total. The fourth-order valence-corrected chi connectivity index (χ4v) is 5.01. The quantitative estimate of drug-likeness (QED) is 0.740. The summed E-state index contributed by atoms with van der Waals surface area (Å²) < 4.78 is 36.9. The van der Waals surface area contributed by atoms with Gasteiger partial charge < -0.3 is 14.8 Å². The lowest BCUT2D eigenvalue weighted by molar-refractivity contribution is -0.125. The molecule has 1 heterocycles. The molecular weight excluding hydrogens is 356 g/mol. The average Bonchev–Trinajstić information content (AvgIpc) is 2.65. The molecule has 1 aromatic rings. The highest BCUT2D eigenvalue weighted by molar-refractivity contribution is 7.89. The molecule has 1 atom stereocenters. The van der Waals surface area contributed by atoms with Crippen LogP contribution in [0.1, 0.15) is 38.2 Å². The van der Waals surface area contributed by atoms with Gasteiger partial charge in [-0.25, -0.2) is 8.42 Å². The molecule has 0 radical (unpaired) electrons. The van der Waals surface area contributed by atoms with Crippen molar-refractivity contribution in [1.82, 2.24) is 9.62 Å². The maximum Gasteiger partial charge on any atom is 0.238 e. The highest BCUT2D eigenvalue weighted by Gasteiger charge is 2.36. The Morgan fingerprint density at radius 1 is 1.27 bits per heavy atom. The van der Waals surface area contributed by atoms with Gasteiger partial charge in [0, 0.05) is 18.7 Å². The second kappa shape index (κ2) is 9.23. The Morgan fingerprint density at radius 2 is 2.04 bits per heavy atom. The minimum absolute atomic E-state index is 0.0699. The van der Waals surface area contributed by atoms with E-state index in [-0.39, 0.29) is 18.2 Å². The summed E-state index contributed by atoms with van der Waals surface area (Å²) in [4.78, 5) is 12.7. The van der Waals surface area contributed by atoms with Gasteiger partial charge in [-0.05, 0) is 25.3 Å². The predicted octanol–water partition coefficient (Wildman–Crippen LogP) is 1.91. The number of ether oxygens (including phenoxy) is 2. The van der Waals surface area contributed by atoms with E-state index in [1.807, 2.05) is 19.1 Å². The van der Waals surface area contributed by atoms with Gasteiger partial charge in [0.2, 0.25) is 15.9 Å². The van der Waals surface area contributed by atoms with Gasteiger partial charge in [0.15, 0.2) is 11.5 Å². The summed E-state index contributed by atoms with van der Waals surface area (Å²) in [6.45, 7) is 2.48. The SMILES string of the molecule is CCCS(=O)(=O)N1CCCCC1C(=O)NCc1cccc(OC)c1OC. The Bertz CT molecular complexity index is 720. The van der Waals surface area contributed by atoms with Gasteiger partial charge in [0.1, 0.15) is 6.04 Å². The Morgan fingerprint density at radius 3 is 2.69 bits per heavy atom. The molecule has 1 unspecified atom stereocenters. The number of piperidine rings is 1. The van der Waals surface area contributed by atoms with Gasteiger partial charge in [0.05, 0.1) is 20.0 Å². The maximum atomic E-state index is 12.7. The van der Waals surface area contributed by atoms with Crippen LogP contribution in [0.15, 0.2) is 18.2 Å². The minimum Gasteiger partial charge on any atom is -0.493 e. The molecule has 1 aliphatic rings.